The Hall–Kier alpha value is -3.03. The van der Waals surface area contributed by atoms with Gasteiger partial charge in [-0.15, -0.1) is 0 Å². The van der Waals surface area contributed by atoms with Crippen LogP contribution in [0.3, 0.4) is 0 Å². The number of nitrogens with one attached hydrogen (secondary N) is 2. The third-order valence-electron chi connectivity index (χ3n) is 3.94. The maximum absolute atomic E-state index is 13.7. The van der Waals surface area contributed by atoms with E-state index < -0.39 is 11.6 Å². The first-order valence-corrected chi connectivity index (χ1v) is 8.14. The molecule has 1 saturated heterocycles. The van der Waals surface area contributed by atoms with E-state index in [1.165, 1.54) is 12.3 Å². The van der Waals surface area contributed by atoms with E-state index in [1.807, 2.05) is 0 Å². The Bertz CT molecular complexity index is 829. The zero-order chi connectivity index (χ0) is 18.5. The van der Waals surface area contributed by atoms with E-state index in [0.29, 0.717) is 18.4 Å². The van der Waals surface area contributed by atoms with Crippen LogP contribution in [0.15, 0.2) is 36.5 Å². The van der Waals surface area contributed by atoms with Gasteiger partial charge in [-0.3, -0.25) is 9.59 Å². The molecule has 0 unspecified atom stereocenters. The first-order valence-electron chi connectivity index (χ1n) is 8.14. The van der Waals surface area contributed by atoms with Gasteiger partial charge in [0, 0.05) is 43.3 Å². The molecule has 136 valence electrons. The summed E-state index contributed by atoms with van der Waals surface area (Å²) >= 11 is 0. The molecule has 1 aliphatic heterocycles. The lowest BCUT2D eigenvalue weighted by Crippen LogP contribution is -2.33. The van der Waals surface area contributed by atoms with Gasteiger partial charge in [0.1, 0.15) is 5.82 Å². The van der Waals surface area contributed by atoms with Crippen LogP contribution in [0.5, 0.6) is 11.6 Å². The van der Waals surface area contributed by atoms with Crippen molar-refractivity contribution in [3.05, 3.63) is 53.7 Å². The summed E-state index contributed by atoms with van der Waals surface area (Å²) in [5.41, 5.74) is 0.542. The monoisotopic (exact) mass is 361 g/mol. The van der Waals surface area contributed by atoms with Crippen molar-refractivity contribution in [3.63, 3.8) is 0 Å². The van der Waals surface area contributed by atoms with Crippen molar-refractivity contribution in [3.8, 4) is 11.6 Å². The van der Waals surface area contributed by atoms with Crippen LogP contribution < -0.4 is 15.4 Å². The third-order valence-corrected chi connectivity index (χ3v) is 3.94. The number of pyridine rings is 1. The topological polar surface area (TPSA) is 80.3 Å². The number of benzene rings is 1. The number of ether oxygens (including phenoxy) is 1. The van der Waals surface area contributed by atoms with Crippen molar-refractivity contribution >= 4 is 11.8 Å². The normalized spacial score (nSPS) is 16.2. The summed E-state index contributed by atoms with van der Waals surface area (Å²) in [6.45, 7) is 0.130. The molecule has 6 nitrogen and oxygen atoms in total. The van der Waals surface area contributed by atoms with Crippen molar-refractivity contribution in [2.75, 3.05) is 0 Å². The quantitative estimate of drug-likeness (QED) is 0.828. The average molecular weight is 361 g/mol. The molecule has 2 N–H and O–H groups in total. The molecular weight excluding hydrogens is 344 g/mol. The largest absolute Gasteiger partial charge is 0.436 e. The van der Waals surface area contributed by atoms with Gasteiger partial charge >= 0.3 is 0 Å². The number of carbonyl (C=O) groups is 2. The predicted octanol–water partition coefficient (Wildman–Crippen LogP) is 2.44. The molecule has 3 rings (SSSR count). The molecule has 26 heavy (non-hydrogen) atoms. The number of carbonyl (C=O) groups excluding carboxylic acids is 2. The Kier molecular flexibility index (Phi) is 5.40. The fourth-order valence-corrected chi connectivity index (χ4v) is 2.63. The van der Waals surface area contributed by atoms with Gasteiger partial charge in [0.05, 0.1) is 0 Å². The molecule has 8 heteroatoms. The zero-order valence-corrected chi connectivity index (χ0v) is 13.8. The molecule has 2 amide bonds. The lowest BCUT2D eigenvalue weighted by Gasteiger charge is -2.13. The van der Waals surface area contributed by atoms with Gasteiger partial charge in [-0.25, -0.2) is 13.8 Å². The van der Waals surface area contributed by atoms with Crippen LogP contribution in [0, 0.1) is 11.6 Å². The highest BCUT2D eigenvalue weighted by molar-refractivity contribution is 5.81. The maximum Gasteiger partial charge on any atom is 0.224 e. The van der Waals surface area contributed by atoms with Crippen molar-refractivity contribution < 1.29 is 23.1 Å². The van der Waals surface area contributed by atoms with Gasteiger partial charge in [-0.1, -0.05) is 6.07 Å². The van der Waals surface area contributed by atoms with Gasteiger partial charge in [-0.2, -0.15) is 0 Å². The third kappa shape index (κ3) is 4.53. The average Bonchev–Trinajstić information content (AvgIpc) is 3.01. The van der Waals surface area contributed by atoms with E-state index in [0.717, 1.165) is 12.1 Å². The van der Waals surface area contributed by atoms with Crippen molar-refractivity contribution in [1.29, 1.82) is 0 Å². The van der Waals surface area contributed by atoms with Crippen LogP contribution in [0.2, 0.25) is 0 Å². The van der Waals surface area contributed by atoms with Gasteiger partial charge in [0.25, 0.3) is 0 Å². The SMILES string of the molecule is O=C(C[C@H]1CCC(=O)N1)NCc1cccnc1Oc1ccc(F)cc1F. The molecule has 0 saturated carbocycles. The zero-order valence-electron chi connectivity index (χ0n) is 13.8. The summed E-state index contributed by atoms with van der Waals surface area (Å²) < 4.78 is 32.1. The Morgan fingerprint density at radius 2 is 2.19 bits per heavy atom. The molecule has 1 atom stereocenters. The minimum absolute atomic E-state index is 0.0490. The highest BCUT2D eigenvalue weighted by Crippen LogP contribution is 2.26. The molecule has 2 heterocycles. The lowest BCUT2D eigenvalue weighted by molar-refractivity contribution is -0.121. The fourth-order valence-electron chi connectivity index (χ4n) is 2.63. The minimum atomic E-state index is -0.845. The molecular formula is C18H17F2N3O3. The fraction of sp³-hybridized carbons (Fsp3) is 0.278. The van der Waals surface area contributed by atoms with Gasteiger partial charge in [0.2, 0.25) is 17.7 Å². The minimum Gasteiger partial charge on any atom is -0.436 e. The van der Waals surface area contributed by atoms with E-state index in [2.05, 4.69) is 15.6 Å². The molecule has 0 aliphatic carbocycles. The lowest BCUT2D eigenvalue weighted by atomic mass is 10.1. The van der Waals surface area contributed by atoms with E-state index in [9.17, 15) is 18.4 Å². The molecule has 1 fully saturated rings. The summed E-state index contributed by atoms with van der Waals surface area (Å²) in [4.78, 5) is 27.2. The van der Waals surface area contributed by atoms with Crippen LogP contribution in [-0.2, 0) is 16.1 Å². The summed E-state index contributed by atoms with van der Waals surface area (Å²) in [5.74, 6) is -1.86. The Balaban J connectivity index is 1.61. The van der Waals surface area contributed by atoms with Crippen molar-refractivity contribution in [2.24, 2.45) is 0 Å². The first kappa shape index (κ1) is 17.8. The smallest absolute Gasteiger partial charge is 0.224 e. The standard InChI is InChI=1S/C18H17F2N3O3/c19-12-3-5-15(14(20)8-12)26-18-11(2-1-7-21-18)10-22-17(25)9-13-4-6-16(24)23-13/h1-3,5,7-8,13H,4,6,9-10H2,(H,22,25)(H,23,24)/t13-/m1/s1. The van der Waals surface area contributed by atoms with Crippen LogP contribution in [0.4, 0.5) is 8.78 Å². The molecule has 2 aromatic rings. The summed E-state index contributed by atoms with van der Waals surface area (Å²) in [6, 6.07) is 6.16. The van der Waals surface area contributed by atoms with Crippen LogP contribution >= 0.6 is 0 Å². The summed E-state index contributed by atoms with van der Waals surface area (Å²) in [6.07, 6.45) is 2.73. The van der Waals surface area contributed by atoms with E-state index >= 15 is 0 Å². The van der Waals surface area contributed by atoms with Crippen molar-refractivity contribution in [1.82, 2.24) is 15.6 Å². The Morgan fingerprint density at radius 3 is 2.92 bits per heavy atom. The first-order chi connectivity index (χ1) is 12.5. The summed E-state index contributed by atoms with van der Waals surface area (Å²) in [5, 5.41) is 5.46. The van der Waals surface area contributed by atoms with E-state index in [4.69, 9.17) is 4.74 Å². The predicted molar refractivity (Wildman–Crippen MR) is 88.3 cm³/mol. The Morgan fingerprint density at radius 1 is 1.35 bits per heavy atom. The molecule has 1 aliphatic rings. The number of amides is 2. The second-order valence-corrected chi connectivity index (χ2v) is 5.93. The van der Waals surface area contributed by atoms with Gasteiger partial charge in [-0.05, 0) is 24.6 Å². The number of aromatic nitrogens is 1. The van der Waals surface area contributed by atoms with E-state index in [-0.39, 0.29) is 42.5 Å². The molecule has 1 aromatic carbocycles. The number of rotatable bonds is 6. The maximum atomic E-state index is 13.7. The second-order valence-electron chi connectivity index (χ2n) is 5.93. The molecule has 0 radical (unpaired) electrons. The summed E-state index contributed by atoms with van der Waals surface area (Å²) in [7, 11) is 0. The van der Waals surface area contributed by atoms with E-state index in [1.54, 1.807) is 12.1 Å². The molecule has 0 spiro atoms. The Labute approximate surface area is 148 Å². The van der Waals surface area contributed by atoms with Crippen molar-refractivity contribution in [2.45, 2.75) is 31.8 Å². The highest BCUT2D eigenvalue weighted by atomic mass is 19.1. The van der Waals surface area contributed by atoms with Crippen LogP contribution in [-0.4, -0.2) is 22.8 Å². The van der Waals surface area contributed by atoms with Crippen LogP contribution in [0.1, 0.15) is 24.8 Å². The second kappa shape index (κ2) is 7.90. The van der Waals surface area contributed by atoms with Crippen LogP contribution in [0.25, 0.3) is 0 Å². The number of hydrogen-bond donors (Lipinski definition) is 2. The molecule has 1 aromatic heterocycles. The number of hydrogen-bond acceptors (Lipinski definition) is 4. The number of nitrogens with zero attached hydrogens (tertiary/aromatic N) is 1. The number of halogens is 2. The van der Waals surface area contributed by atoms with Gasteiger partial charge in [0.15, 0.2) is 11.6 Å². The van der Waals surface area contributed by atoms with Gasteiger partial charge < -0.3 is 15.4 Å². The highest BCUT2D eigenvalue weighted by Gasteiger charge is 2.23. The molecule has 0 bridgehead atoms.